The van der Waals surface area contributed by atoms with Gasteiger partial charge in [0.2, 0.25) is 11.8 Å². The quantitative estimate of drug-likeness (QED) is 0.413. The van der Waals surface area contributed by atoms with Crippen LogP contribution in [0.5, 0.6) is 5.75 Å². The topological polar surface area (TPSA) is 79.8 Å². The summed E-state index contributed by atoms with van der Waals surface area (Å²) in [6, 6.07) is 12.5. The highest BCUT2D eigenvalue weighted by Gasteiger charge is 2.08. The minimum atomic E-state index is -0.364. The van der Waals surface area contributed by atoms with Gasteiger partial charge in [-0.2, -0.15) is 5.10 Å². The van der Waals surface area contributed by atoms with Gasteiger partial charge < -0.3 is 10.1 Å². The molecule has 0 aliphatic rings. The standard InChI is InChI=1S/C20H21BrClN3O3/c1-2-11-28-18-8-7-15(21)12-14(18)13-23-25-20(27)10-9-19(26)24-17-6-4-3-5-16(17)22/h3-8,12-13H,2,9-11H2,1H3,(H,24,26)(H,25,27). The van der Waals surface area contributed by atoms with E-state index in [1.54, 1.807) is 24.3 Å². The minimum Gasteiger partial charge on any atom is -0.493 e. The molecule has 0 aromatic heterocycles. The Labute approximate surface area is 177 Å². The molecule has 148 valence electrons. The summed E-state index contributed by atoms with van der Waals surface area (Å²) < 4.78 is 6.53. The molecule has 2 amide bonds. The highest BCUT2D eigenvalue weighted by Crippen LogP contribution is 2.22. The normalized spacial score (nSPS) is 10.7. The summed E-state index contributed by atoms with van der Waals surface area (Å²) >= 11 is 9.39. The van der Waals surface area contributed by atoms with Gasteiger partial charge in [0.25, 0.3) is 0 Å². The van der Waals surface area contributed by atoms with Gasteiger partial charge in [-0.15, -0.1) is 0 Å². The lowest BCUT2D eigenvalue weighted by Crippen LogP contribution is -2.20. The molecule has 0 aliphatic heterocycles. The van der Waals surface area contributed by atoms with Crippen LogP contribution in [0.25, 0.3) is 0 Å². The first-order valence-corrected chi connectivity index (χ1v) is 9.95. The number of carbonyl (C=O) groups is 2. The summed E-state index contributed by atoms with van der Waals surface area (Å²) in [5.74, 6) is 0.0215. The van der Waals surface area contributed by atoms with E-state index in [1.807, 2.05) is 25.1 Å². The van der Waals surface area contributed by atoms with Gasteiger partial charge in [-0.3, -0.25) is 9.59 Å². The van der Waals surface area contributed by atoms with Gasteiger partial charge in [0.1, 0.15) is 5.75 Å². The van der Waals surface area contributed by atoms with Crippen LogP contribution < -0.4 is 15.5 Å². The number of para-hydroxylation sites is 1. The van der Waals surface area contributed by atoms with Crippen molar-refractivity contribution < 1.29 is 14.3 Å². The van der Waals surface area contributed by atoms with Crippen molar-refractivity contribution in [2.45, 2.75) is 26.2 Å². The van der Waals surface area contributed by atoms with E-state index in [1.165, 1.54) is 6.21 Å². The number of benzene rings is 2. The number of carbonyl (C=O) groups excluding carboxylic acids is 2. The molecular formula is C20H21BrClN3O3. The monoisotopic (exact) mass is 465 g/mol. The molecule has 0 spiro atoms. The second kappa shape index (κ2) is 11.5. The van der Waals surface area contributed by atoms with E-state index in [9.17, 15) is 9.59 Å². The molecule has 0 atom stereocenters. The van der Waals surface area contributed by atoms with Crippen molar-refractivity contribution in [3.8, 4) is 5.75 Å². The third-order valence-corrected chi connectivity index (χ3v) is 4.38. The molecule has 0 unspecified atom stereocenters. The van der Waals surface area contributed by atoms with Crippen molar-refractivity contribution in [1.82, 2.24) is 5.43 Å². The maximum Gasteiger partial charge on any atom is 0.240 e. The van der Waals surface area contributed by atoms with Crippen molar-refractivity contribution in [2.24, 2.45) is 5.10 Å². The lowest BCUT2D eigenvalue weighted by Gasteiger charge is -2.08. The van der Waals surface area contributed by atoms with Gasteiger partial charge in [-0.25, -0.2) is 5.43 Å². The number of nitrogens with one attached hydrogen (secondary N) is 2. The number of halogens is 2. The Morgan fingerprint density at radius 2 is 1.93 bits per heavy atom. The van der Waals surface area contributed by atoms with Crippen LogP contribution in [0, 0.1) is 0 Å². The second-order valence-electron chi connectivity index (χ2n) is 5.85. The Morgan fingerprint density at radius 3 is 2.68 bits per heavy atom. The minimum absolute atomic E-state index is 0.00526. The summed E-state index contributed by atoms with van der Waals surface area (Å²) in [5, 5.41) is 7.06. The van der Waals surface area contributed by atoms with E-state index >= 15 is 0 Å². The molecule has 0 aliphatic carbocycles. The Bertz CT molecular complexity index is 858. The number of rotatable bonds is 9. The number of hydrogen-bond acceptors (Lipinski definition) is 4. The van der Waals surface area contributed by atoms with Crippen LogP contribution >= 0.6 is 27.5 Å². The van der Waals surface area contributed by atoms with Gasteiger partial charge in [0, 0.05) is 22.9 Å². The average molecular weight is 467 g/mol. The molecule has 28 heavy (non-hydrogen) atoms. The average Bonchev–Trinajstić information content (AvgIpc) is 2.67. The molecule has 0 saturated carbocycles. The highest BCUT2D eigenvalue weighted by molar-refractivity contribution is 9.10. The zero-order valence-corrected chi connectivity index (χ0v) is 17.7. The van der Waals surface area contributed by atoms with Crippen LogP contribution in [0.4, 0.5) is 5.69 Å². The van der Waals surface area contributed by atoms with E-state index < -0.39 is 0 Å². The van der Waals surface area contributed by atoms with Gasteiger partial charge >= 0.3 is 0 Å². The largest absolute Gasteiger partial charge is 0.493 e. The molecule has 0 saturated heterocycles. The first-order chi connectivity index (χ1) is 13.5. The molecule has 2 aromatic rings. The number of nitrogens with zero attached hydrogens (tertiary/aromatic N) is 1. The number of hydrazone groups is 1. The smallest absolute Gasteiger partial charge is 0.240 e. The third kappa shape index (κ3) is 7.32. The molecule has 2 N–H and O–H groups in total. The predicted octanol–water partition coefficient (Wildman–Crippen LogP) is 4.76. The summed E-state index contributed by atoms with van der Waals surface area (Å²) in [5.41, 5.74) is 3.67. The Hall–Kier alpha value is -2.38. The van der Waals surface area contributed by atoms with Crippen molar-refractivity contribution in [2.75, 3.05) is 11.9 Å². The lowest BCUT2D eigenvalue weighted by atomic mass is 10.2. The van der Waals surface area contributed by atoms with Crippen LogP contribution in [-0.2, 0) is 9.59 Å². The zero-order valence-electron chi connectivity index (χ0n) is 15.4. The fourth-order valence-electron chi connectivity index (χ4n) is 2.20. The molecule has 2 aromatic carbocycles. The molecule has 2 rings (SSSR count). The molecule has 0 fully saturated rings. The first-order valence-electron chi connectivity index (χ1n) is 8.78. The van der Waals surface area contributed by atoms with Gasteiger partial charge in [0.15, 0.2) is 0 Å². The lowest BCUT2D eigenvalue weighted by molar-refractivity contribution is -0.124. The predicted molar refractivity (Wildman–Crippen MR) is 115 cm³/mol. The first kappa shape index (κ1) is 21.9. The van der Waals surface area contributed by atoms with Crippen molar-refractivity contribution in [3.63, 3.8) is 0 Å². The summed E-state index contributed by atoms with van der Waals surface area (Å²) in [6.45, 7) is 2.62. The Morgan fingerprint density at radius 1 is 1.18 bits per heavy atom. The molecule has 6 nitrogen and oxygen atoms in total. The van der Waals surface area contributed by atoms with E-state index in [2.05, 4.69) is 31.8 Å². The van der Waals surface area contributed by atoms with Crippen LogP contribution in [-0.4, -0.2) is 24.6 Å². The van der Waals surface area contributed by atoms with Crippen LogP contribution in [0.3, 0.4) is 0 Å². The zero-order chi connectivity index (χ0) is 20.4. The number of ether oxygens (including phenoxy) is 1. The van der Waals surface area contributed by atoms with Gasteiger partial charge in [-0.1, -0.05) is 46.6 Å². The molecule has 0 radical (unpaired) electrons. The molecule has 0 bridgehead atoms. The van der Waals surface area contributed by atoms with E-state index in [4.69, 9.17) is 16.3 Å². The van der Waals surface area contributed by atoms with Gasteiger partial charge in [0.05, 0.1) is 23.5 Å². The summed E-state index contributed by atoms with van der Waals surface area (Å²) in [7, 11) is 0. The fraction of sp³-hybridized carbons (Fsp3) is 0.250. The van der Waals surface area contributed by atoms with Crippen molar-refractivity contribution >= 4 is 51.2 Å². The van der Waals surface area contributed by atoms with E-state index in [0.717, 1.165) is 16.5 Å². The van der Waals surface area contributed by atoms with Gasteiger partial charge in [-0.05, 0) is 36.8 Å². The van der Waals surface area contributed by atoms with E-state index in [-0.39, 0.29) is 24.7 Å². The SMILES string of the molecule is CCCOc1ccc(Br)cc1C=NNC(=O)CCC(=O)Nc1ccccc1Cl. The highest BCUT2D eigenvalue weighted by atomic mass is 79.9. The van der Waals surface area contributed by atoms with Crippen molar-refractivity contribution in [3.05, 3.63) is 57.5 Å². The van der Waals surface area contributed by atoms with Crippen LogP contribution in [0.15, 0.2) is 52.0 Å². The van der Waals surface area contributed by atoms with Crippen molar-refractivity contribution in [1.29, 1.82) is 0 Å². The summed E-state index contributed by atoms with van der Waals surface area (Å²) in [6.07, 6.45) is 2.43. The maximum atomic E-state index is 11.9. The maximum absolute atomic E-state index is 11.9. The second-order valence-corrected chi connectivity index (χ2v) is 7.17. The number of anilines is 1. The van der Waals surface area contributed by atoms with E-state index in [0.29, 0.717) is 23.1 Å². The third-order valence-electron chi connectivity index (χ3n) is 3.55. The van der Waals surface area contributed by atoms with Crippen LogP contribution in [0.1, 0.15) is 31.7 Å². The fourth-order valence-corrected chi connectivity index (χ4v) is 2.76. The molecular weight excluding hydrogens is 446 g/mol. The molecule has 0 heterocycles. The Kier molecular flexibility index (Phi) is 8.97. The number of amides is 2. The number of hydrogen-bond donors (Lipinski definition) is 2. The Balaban J connectivity index is 1.83. The molecule has 8 heteroatoms. The summed E-state index contributed by atoms with van der Waals surface area (Å²) in [4.78, 5) is 23.8. The van der Waals surface area contributed by atoms with Crippen LogP contribution in [0.2, 0.25) is 5.02 Å².